The summed E-state index contributed by atoms with van der Waals surface area (Å²) in [5.41, 5.74) is -2.09. The zero-order chi connectivity index (χ0) is 28.2. The lowest BCUT2D eigenvalue weighted by atomic mass is 9.87. The number of carbonyl (C=O) groups is 2. The number of nitro benzene ring substituents is 1. The molecule has 12 heteroatoms. The molecule has 0 radical (unpaired) electrons. The normalized spacial score (nSPS) is 20.1. The van der Waals surface area contributed by atoms with E-state index in [1.54, 1.807) is 16.8 Å². The molecule has 3 fully saturated rings. The highest BCUT2D eigenvalue weighted by atomic mass is 19.4. The van der Waals surface area contributed by atoms with Crippen LogP contribution in [0.2, 0.25) is 0 Å². The Kier molecular flexibility index (Phi) is 9.22. The Labute approximate surface area is 226 Å². The number of hydrogen-bond acceptors (Lipinski definition) is 5. The Hall–Kier alpha value is -3.05. The minimum atomic E-state index is -4.83. The third-order valence-corrected chi connectivity index (χ3v) is 8.37. The summed E-state index contributed by atoms with van der Waals surface area (Å²) < 4.78 is 39.9. The van der Waals surface area contributed by atoms with Crippen molar-refractivity contribution in [2.75, 3.05) is 45.1 Å². The highest BCUT2D eigenvalue weighted by molar-refractivity contribution is 5.79. The van der Waals surface area contributed by atoms with Crippen LogP contribution in [0, 0.1) is 22.0 Å². The SMILES string of the molecule is CN(CC1CCN(C(=O)C2CCCCC2)CC1)C(=O)N1CCC(Nc2ccc([N+](=O)[O-])c(C(F)(F)F)c2)CC1. The minimum Gasteiger partial charge on any atom is -0.382 e. The Bertz CT molecular complexity index is 1030. The first-order valence-electron chi connectivity index (χ1n) is 13.9. The molecule has 0 atom stereocenters. The maximum atomic E-state index is 13.3. The summed E-state index contributed by atoms with van der Waals surface area (Å²) in [5, 5.41) is 14.0. The monoisotopic (exact) mass is 553 g/mol. The molecule has 4 rings (SSSR count). The number of benzene rings is 1. The summed E-state index contributed by atoms with van der Waals surface area (Å²) in [7, 11) is 1.79. The van der Waals surface area contributed by atoms with Crippen molar-refractivity contribution < 1.29 is 27.7 Å². The Morgan fingerprint density at radius 2 is 1.62 bits per heavy atom. The van der Waals surface area contributed by atoms with E-state index in [0.29, 0.717) is 44.3 Å². The molecule has 3 aliphatic rings. The molecule has 0 spiro atoms. The fourth-order valence-corrected chi connectivity index (χ4v) is 6.11. The largest absolute Gasteiger partial charge is 0.423 e. The Balaban J connectivity index is 1.21. The van der Waals surface area contributed by atoms with Gasteiger partial charge in [-0.25, -0.2) is 4.79 Å². The first-order valence-corrected chi connectivity index (χ1v) is 13.9. The van der Waals surface area contributed by atoms with Gasteiger partial charge >= 0.3 is 12.2 Å². The molecule has 3 amide bonds. The number of carbonyl (C=O) groups excluding carboxylic acids is 2. The summed E-state index contributed by atoms with van der Waals surface area (Å²) in [4.78, 5) is 41.3. The standard InChI is InChI=1S/C27H38F3N5O4/c1-32(18-19-9-13-33(14-10-19)25(36)20-5-3-2-4-6-20)26(37)34-15-11-21(12-16-34)31-22-7-8-24(35(38)39)23(17-22)27(28,29)30/h7-8,17,19-21,31H,2-6,9-16,18H2,1H3. The first kappa shape index (κ1) is 28.9. The average Bonchev–Trinajstić information content (AvgIpc) is 2.93. The van der Waals surface area contributed by atoms with Crippen molar-refractivity contribution in [1.29, 1.82) is 0 Å². The minimum absolute atomic E-state index is 0.0659. The number of nitrogens with one attached hydrogen (secondary N) is 1. The summed E-state index contributed by atoms with van der Waals surface area (Å²) in [5.74, 6) is 0.833. The smallest absolute Gasteiger partial charge is 0.382 e. The first-order chi connectivity index (χ1) is 18.5. The van der Waals surface area contributed by atoms with E-state index in [1.807, 2.05) is 4.90 Å². The Morgan fingerprint density at radius 3 is 2.21 bits per heavy atom. The fourth-order valence-electron chi connectivity index (χ4n) is 6.11. The molecule has 9 nitrogen and oxygen atoms in total. The molecule has 2 heterocycles. The molecule has 2 aliphatic heterocycles. The number of amides is 3. The molecule has 0 bridgehead atoms. The highest BCUT2D eigenvalue weighted by Gasteiger charge is 2.39. The fraction of sp³-hybridized carbons (Fsp3) is 0.704. The van der Waals surface area contributed by atoms with Crippen molar-refractivity contribution in [3.05, 3.63) is 33.9 Å². The number of alkyl halides is 3. The highest BCUT2D eigenvalue weighted by Crippen LogP contribution is 2.38. The number of nitrogens with zero attached hydrogens (tertiary/aromatic N) is 4. The predicted molar refractivity (Wildman–Crippen MR) is 140 cm³/mol. The zero-order valence-corrected chi connectivity index (χ0v) is 22.4. The van der Waals surface area contributed by atoms with Crippen molar-refractivity contribution in [3.63, 3.8) is 0 Å². The van der Waals surface area contributed by atoms with Gasteiger partial charge in [0.1, 0.15) is 5.56 Å². The molecular weight excluding hydrogens is 515 g/mol. The molecule has 1 saturated carbocycles. The lowest BCUT2D eigenvalue weighted by molar-refractivity contribution is -0.388. The van der Waals surface area contributed by atoms with E-state index in [4.69, 9.17) is 0 Å². The zero-order valence-electron chi connectivity index (χ0n) is 22.4. The van der Waals surface area contributed by atoms with Gasteiger partial charge in [-0.15, -0.1) is 0 Å². The van der Waals surface area contributed by atoms with Crippen LogP contribution in [0.25, 0.3) is 0 Å². The number of urea groups is 1. The van der Waals surface area contributed by atoms with Gasteiger partial charge in [0.25, 0.3) is 5.69 Å². The van der Waals surface area contributed by atoms with Gasteiger partial charge in [0.15, 0.2) is 0 Å². The van der Waals surface area contributed by atoms with Crippen molar-refractivity contribution >= 4 is 23.3 Å². The summed E-state index contributed by atoms with van der Waals surface area (Å²) in [6, 6.07) is 2.72. The van der Waals surface area contributed by atoms with E-state index >= 15 is 0 Å². The van der Waals surface area contributed by atoms with Gasteiger partial charge in [0.2, 0.25) is 5.91 Å². The molecule has 1 N–H and O–H groups in total. The second kappa shape index (κ2) is 12.4. The summed E-state index contributed by atoms with van der Waals surface area (Å²) in [6.07, 6.45) is 3.57. The second-order valence-electron chi connectivity index (χ2n) is 11.2. The second-order valence-corrected chi connectivity index (χ2v) is 11.2. The average molecular weight is 554 g/mol. The number of piperidine rings is 2. The van der Waals surface area contributed by atoms with Gasteiger partial charge in [0.05, 0.1) is 4.92 Å². The van der Waals surface area contributed by atoms with Crippen LogP contribution in [0.3, 0.4) is 0 Å². The van der Waals surface area contributed by atoms with E-state index in [9.17, 15) is 32.9 Å². The molecule has 1 aromatic carbocycles. The molecule has 0 aromatic heterocycles. The van der Waals surface area contributed by atoms with E-state index < -0.39 is 22.4 Å². The number of hydrogen-bond donors (Lipinski definition) is 1. The molecule has 1 aromatic rings. The van der Waals surface area contributed by atoms with Crippen LogP contribution in [0.15, 0.2) is 18.2 Å². The maximum Gasteiger partial charge on any atom is 0.423 e. The van der Waals surface area contributed by atoms with E-state index in [0.717, 1.165) is 63.7 Å². The molecule has 216 valence electrons. The quantitative estimate of drug-likeness (QED) is 0.378. The predicted octanol–water partition coefficient (Wildman–Crippen LogP) is 5.36. The van der Waals surface area contributed by atoms with Crippen molar-refractivity contribution in [1.82, 2.24) is 14.7 Å². The van der Waals surface area contributed by atoms with E-state index in [1.165, 1.54) is 12.5 Å². The molecule has 39 heavy (non-hydrogen) atoms. The van der Waals surface area contributed by atoms with Crippen LogP contribution < -0.4 is 5.32 Å². The number of anilines is 1. The van der Waals surface area contributed by atoms with Gasteiger partial charge < -0.3 is 20.0 Å². The van der Waals surface area contributed by atoms with Gasteiger partial charge in [-0.2, -0.15) is 13.2 Å². The lowest BCUT2D eigenvalue weighted by Crippen LogP contribution is -2.49. The van der Waals surface area contributed by atoms with Crippen LogP contribution >= 0.6 is 0 Å². The molecular formula is C27H38F3N5O4. The van der Waals surface area contributed by atoms with E-state index in [-0.39, 0.29) is 23.7 Å². The van der Waals surface area contributed by atoms with Crippen LogP contribution in [0.1, 0.15) is 63.4 Å². The number of rotatable bonds is 6. The number of nitro groups is 1. The van der Waals surface area contributed by atoms with Crippen molar-refractivity contribution in [2.45, 2.75) is 70.0 Å². The molecule has 1 aliphatic carbocycles. The third-order valence-electron chi connectivity index (χ3n) is 8.37. The van der Waals surface area contributed by atoms with Crippen molar-refractivity contribution in [3.8, 4) is 0 Å². The lowest BCUT2D eigenvalue weighted by Gasteiger charge is -2.38. The van der Waals surface area contributed by atoms with E-state index in [2.05, 4.69) is 5.32 Å². The van der Waals surface area contributed by atoms with Crippen LogP contribution in [-0.4, -0.2) is 77.4 Å². The van der Waals surface area contributed by atoms with Gasteiger partial charge in [-0.1, -0.05) is 19.3 Å². The molecule has 2 saturated heterocycles. The Morgan fingerprint density at radius 1 is 1.00 bits per heavy atom. The number of likely N-dealkylation sites (tertiary alicyclic amines) is 2. The molecule has 0 unspecified atom stereocenters. The van der Waals surface area contributed by atoms with Gasteiger partial charge in [0, 0.05) is 63.5 Å². The maximum absolute atomic E-state index is 13.3. The van der Waals surface area contributed by atoms with Crippen LogP contribution in [0.5, 0.6) is 0 Å². The number of halogens is 3. The van der Waals surface area contributed by atoms with Crippen LogP contribution in [-0.2, 0) is 11.0 Å². The topological polar surface area (TPSA) is 99.0 Å². The van der Waals surface area contributed by atoms with Crippen molar-refractivity contribution in [2.24, 2.45) is 11.8 Å². The van der Waals surface area contributed by atoms with Gasteiger partial charge in [-0.05, 0) is 56.6 Å². The van der Waals surface area contributed by atoms with Crippen LogP contribution in [0.4, 0.5) is 29.3 Å². The summed E-state index contributed by atoms with van der Waals surface area (Å²) >= 11 is 0. The summed E-state index contributed by atoms with van der Waals surface area (Å²) in [6.45, 7) is 3.06. The third kappa shape index (κ3) is 7.33. The van der Waals surface area contributed by atoms with Gasteiger partial charge in [-0.3, -0.25) is 14.9 Å².